The summed E-state index contributed by atoms with van der Waals surface area (Å²) >= 11 is 5.89. The highest BCUT2D eigenvalue weighted by atomic mass is 35.5. The van der Waals surface area contributed by atoms with Gasteiger partial charge in [0.2, 0.25) is 15.5 Å². The van der Waals surface area contributed by atoms with Crippen LogP contribution in [0.5, 0.6) is 0 Å². The Bertz CT molecular complexity index is 787. The van der Waals surface area contributed by atoms with E-state index in [4.69, 9.17) is 11.6 Å². The van der Waals surface area contributed by atoms with Gasteiger partial charge in [-0.25, -0.2) is 13.1 Å². The van der Waals surface area contributed by atoms with Gasteiger partial charge in [-0.2, -0.15) is 0 Å². The van der Waals surface area contributed by atoms with Crippen LogP contribution in [-0.4, -0.2) is 19.4 Å². The predicted octanol–water partition coefficient (Wildman–Crippen LogP) is 1.94. The summed E-state index contributed by atoms with van der Waals surface area (Å²) in [6, 6.07) is 8.02. The molecule has 5 nitrogen and oxygen atoms in total. The summed E-state index contributed by atoms with van der Waals surface area (Å²) < 4.78 is 26.8. The number of benzene rings is 1. The van der Waals surface area contributed by atoms with Gasteiger partial charge in [-0.3, -0.25) is 4.79 Å². The third-order valence-corrected chi connectivity index (χ3v) is 4.71. The van der Waals surface area contributed by atoms with Crippen LogP contribution in [0.3, 0.4) is 0 Å². The van der Waals surface area contributed by atoms with Crippen LogP contribution in [0.4, 0.5) is 0 Å². The molecule has 21 heavy (non-hydrogen) atoms. The van der Waals surface area contributed by atoms with Crippen molar-refractivity contribution in [2.45, 2.75) is 24.3 Å². The van der Waals surface area contributed by atoms with Gasteiger partial charge in [0.25, 0.3) is 0 Å². The zero-order valence-corrected chi connectivity index (χ0v) is 12.9. The molecule has 7 heteroatoms. The van der Waals surface area contributed by atoms with Gasteiger partial charge < -0.3 is 4.98 Å². The van der Waals surface area contributed by atoms with Crippen molar-refractivity contribution in [2.24, 2.45) is 0 Å². The lowest BCUT2D eigenvalue weighted by Crippen LogP contribution is -2.36. The van der Waals surface area contributed by atoms with E-state index < -0.39 is 15.5 Å². The molecule has 0 bridgehead atoms. The van der Waals surface area contributed by atoms with Gasteiger partial charge in [0.15, 0.2) is 0 Å². The summed E-state index contributed by atoms with van der Waals surface area (Å²) in [4.78, 5) is 13.9. The number of hydrogen-bond acceptors (Lipinski definition) is 3. The molecule has 0 fully saturated rings. The second-order valence-electron chi connectivity index (χ2n) is 4.73. The highest BCUT2D eigenvalue weighted by Crippen LogP contribution is 2.13. The summed E-state index contributed by atoms with van der Waals surface area (Å²) in [5.74, 6) is 0. The van der Waals surface area contributed by atoms with Crippen LogP contribution in [0, 0.1) is 0 Å². The fourth-order valence-electron chi connectivity index (χ4n) is 2.00. The molecule has 2 N–H and O–H groups in total. The second kappa shape index (κ2) is 6.43. The zero-order chi connectivity index (χ0) is 15.5. The van der Waals surface area contributed by atoms with Crippen LogP contribution in [0.2, 0.25) is 5.02 Å². The summed E-state index contributed by atoms with van der Waals surface area (Å²) in [6.45, 7) is 1.73. The molecule has 1 aromatic heterocycles. The molecule has 0 aliphatic heterocycles. The standard InChI is InChI=1S/C14H15ClN2O3S/c1-10(7-11-3-2-4-12(15)8-11)17-21(19,20)14-9-16-6-5-13(14)18/h2-6,8-10,17H,7H2,1H3,(H,16,18). The Balaban J connectivity index is 2.14. The lowest BCUT2D eigenvalue weighted by Gasteiger charge is -2.14. The van der Waals surface area contributed by atoms with Crippen molar-refractivity contribution >= 4 is 21.6 Å². The van der Waals surface area contributed by atoms with E-state index in [-0.39, 0.29) is 10.9 Å². The number of pyridine rings is 1. The second-order valence-corrected chi connectivity index (χ2v) is 6.85. The molecule has 2 aromatic rings. The topological polar surface area (TPSA) is 79.0 Å². The SMILES string of the molecule is CC(Cc1cccc(Cl)c1)NS(=O)(=O)c1c[nH]ccc1=O. The normalized spacial score (nSPS) is 13.0. The third kappa shape index (κ3) is 4.17. The number of aromatic amines is 1. The number of hydrogen-bond donors (Lipinski definition) is 2. The molecule has 1 heterocycles. The van der Waals surface area contributed by atoms with Crippen molar-refractivity contribution in [2.75, 3.05) is 0 Å². The molecule has 0 spiro atoms. The molecule has 1 unspecified atom stereocenters. The lowest BCUT2D eigenvalue weighted by molar-refractivity contribution is 0.558. The minimum Gasteiger partial charge on any atom is -0.366 e. The lowest BCUT2D eigenvalue weighted by atomic mass is 10.1. The van der Waals surface area contributed by atoms with Gasteiger partial charge in [0.05, 0.1) is 0 Å². The highest BCUT2D eigenvalue weighted by molar-refractivity contribution is 7.89. The number of nitrogens with one attached hydrogen (secondary N) is 2. The van der Waals surface area contributed by atoms with E-state index in [0.717, 1.165) is 5.56 Å². The Kier molecular flexibility index (Phi) is 4.82. The fraction of sp³-hybridized carbons (Fsp3) is 0.214. The number of rotatable bonds is 5. The number of sulfonamides is 1. The van der Waals surface area contributed by atoms with Crippen LogP contribution in [0.25, 0.3) is 0 Å². The summed E-state index contributed by atoms with van der Waals surface area (Å²) in [5.41, 5.74) is 0.371. The maximum atomic E-state index is 12.2. The van der Waals surface area contributed by atoms with E-state index in [9.17, 15) is 13.2 Å². The van der Waals surface area contributed by atoms with Gasteiger partial charge in [-0.05, 0) is 31.0 Å². The summed E-state index contributed by atoms with van der Waals surface area (Å²) in [7, 11) is -3.85. The Morgan fingerprint density at radius 3 is 2.76 bits per heavy atom. The van der Waals surface area contributed by atoms with Crippen LogP contribution < -0.4 is 10.2 Å². The number of H-pyrrole nitrogens is 1. The van der Waals surface area contributed by atoms with Gasteiger partial charge in [0.1, 0.15) is 4.90 Å². The van der Waals surface area contributed by atoms with Gasteiger partial charge in [-0.15, -0.1) is 0 Å². The molecule has 1 aromatic carbocycles. The molecule has 112 valence electrons. The van der Waals surface area contributed by atoms with Crippen molar-refractivity contribution in [1.29, 1.82) is 0 Å². The largest absolute Gasteiger partial charge is 0.366 e. The Morgan fingerprint density at radius 1 is 1.33 bits per heavy atom. The van der Waals surface area contributed by atoms with E-state index in [1.54, 1.807) is 25.1 Å². The van der Waals surface area contributed by atoms with Crippen molar-refractivity contribution in [3.63, 3.8) is 0 Å². The van der Waals surface area contributed by atoms with E-state index in [2.05, 4.69) is 9.71 Å². The quantitative estimate of drug-likeness (QED) is 0.881. The molecule has 0 aliphatic rings. The predicted molar refractivity (Wildman–Crippen MR) is 82.0 cm³/mol. The van der Waals surface area contributed by atoms with Crippen LogP contribution in [0.1, 0.15) is 12.5 Å². The van der Waals surface area contributed by atoms with Gasteiger partial charge >= 0.3 is 0 Å². The zero-order valence-electron chi connectivity index (χ0n) is 11.3. The van der Waals surface area contributed by atoms with E-state index in [1.807, 2.05) is 6.07 Å². The Labute approximate surface area is 128 Å². The first kappa shape index (κ1) is 15.8. The summed E-state index contributed by atoms with van der Waals surface area (Å²) in [5, 5.41) is 0.599. The van der Waals surface area contributed by atoms with Crippen LogP contribution in [0.15, 0.2) is 52.4 Å². The average molecular weight is 327 g/mol. The van der Waals surface area contributed by atoms with E-state index in [0.29, 0.717) is 11.4 Å². The Morgan fingerprint density at radius 2 is 2.10 bits per heavy atom. The number of aromatic nitrogens is 1. The van der Waals surface area contributed by atoms with Crippen molar-refractivity contribution < 1.29 is 8.42 Å². The number of halogens is 1. The average Bonchev–Trinajstić information content (AvgIpc) is 2.38. The van der Waals surface area contributed by atoms with E-state index >= 15 is 0 Å². The monoisotopic (exact) mass is 326 g/mol. The smallest absolute Gasteiger partial charge is 0.246 e. The van der Waals surface area contributed by atoms with Crippen molar-refractivity contribution in [3.05, 3.63) is 63.5 Å². The summed E-state index contributed by atoms with van der Waals surface area (Å²) in [6.07, 6.45) is 3.04. The highest BCUT2D eigenvalue weighted by Gasteiger charge is 2.20. The van der Waals surface area contributed by atoms with Crippen molar-refractivity contribution in [3.8, 4) is 0 Å². The molecule has 0 saturated carbocycles. The Hall–Kier alpha value is -1.63. The van der Waals surface area contributed by atoms with Crippen LogP contribution in [-0.2, 0) is 16.4 Å². The first-order valence-corrected chi connectivity index (χ1v) is 8.18. The van der Waals surface area contributed by atoms with Gasteiger partial charge in [-0.1, -0.05) is 23.7 Å². The fourth-order valence-corrected chi connectivity index (χ4v) is 3.51. The first-order chi connectivity index (χ1) is 9.88. The van der Waals surface area contributed by atoms with Crippen LogP contribution >= 0.6 is 11.6 Å². The molecule has 0 amide bonds. The molecule has 0 radical (unpaired) electrons. The third-order valence-electron chi connectivity index (χ3n) is 2.86. The molecule has 1 atom stereocenters. The molecular weight excluding hydrogens is 312 g/mol. The van der Waals surface area contributed by atoms with E-state index in [1.165, 1.54) is 18.5 Å². The molecule has 0 saturated heterocycles. The minimum atomic E-state index is -3.85. The minimum absolute atomic E-state index is 0.289. The molecule has 0 aliphatic carbocycles. The maximum absolute atomic E-state index is 12.2. The van der Waals surface area contributed by atoms with Crippen molar-refractivity contribution in [1.82, 2.24) is 9.71 Å². The van der Waals surface area contributed by atoms with Gasteiger partial charge in [0, 0.05) is 29.5 Å². The molecular formula is C14H15ClN2O3S. The first-order valence-electron chi connectivity index (χ1n) is 6.32. The molecule has 2 rings (SSSR count). The maximum Gasteiger partial charge on any atom is 0.246 e.